The molecule has 112 valence electrons. The molecule has 0 spiro atoms. The van der Waals surface area contributed by atoms with Gasteiger partial charge in [0.1, 0.15) is 0 Å². The SMILES string of the molecule is CC(C)(C)c1ccc(SCCCc2cccc(N)c2)cc1. The van der Waals surface area contributed by atoms with Crippen molar-refractivity contribution >= 4 is 17.4 Å². The Kier molecular flexibility index (Phi) is 5.35. The Morgan fingerprint density at radius 1 is 1.00 bits per heavy atom. The number of anilines is 1. The maximum Gasteiger partial charge on any atom is 0.0316 e. The first-order valence-electron chi connectivity index (χ1n) is 7.53. The first-order chi connectivity index (χ1) is 9.95. The second kappa shape index (κ2) is 7.04. The minimum atomic E-state index is 0.233. The van der Waals surface area contributed by atoms with Crippen molar-refractivity contribution in [1.29, 1.82) is 0 Å². The van der Waals surface area contributed by atoms with Crippen molar-refractivity contribution < 1.29 is 0 Å². The van der Waals surface area contributed by atoms with E-state index < -0.39 is 0 Å². The minimum Gasteiger partial charge on any atom is -0.399 e. The topological polar surface area (TPSA) is 26.0 Å². The highest BCUT2D eigenvalue weighted by molar-refractivity contribution is 7.99. The monoisotopic (exact) mass is 299 g/mol. The Hall–Kier alpha value is -1.41. The van der Waals surface area contributed by atoms with Gasteiger partial charge in [-0.2, -0.15) is 0 Å². The van der Waals surface area contributed by atoms with Crippen LogP contribution < -0.4 is 5.73 Å². The molecule has 2 rings (SSSR count). The molecule has 21 heavy (non-hydrogen) atoms. The van der Waals surface area contributed by atoms with Gasteiger partial charge in [0.2, 0.25) is 0 Å². The Bertz CT molecular complexity index is 567. The summed E-state index contributed by atoms with van der Waals surface area (Å²) in [6.45, 7) is 6.75. The lowest BCUT2D eigenvalue weighted by Crippen LogP contribution is -2.10. The molecule has 0 aliphatic rings. The number of nitrogen functional groups attached to an aromatic ring is 1. The summed E-state index contributed by atoms with van der Waals surface area (Å²) in [4.78, 5) is 1.36. The van der Waals surface area contributed by atoms with Crippen LogP contribution in [0.3, 0.4) is 0 Å². The number of thioether (sulfide) groups is 1. The van der Waals surface area contributed by atoms with Crippen LogP contribution in [-0.4, -0.2) is 5.75 Å². The van der Waals surface area contributed by atoms with Crippen molar-refractivity contribution in [2.45, 2.75) is 43.9 Å². The molecule has 1 nitrogen and oxygen atoms in total. The van der Waals surface area contributed by atoms with E-state index in [1.807, 2.05) is 23.9 Å². The lowest BCUT2D eigenvalue weighted by atomic mass is 9.87. The Balaban J connectivity index is 1.79. The van der Waals surface area contributed by atoms with Gasteiger partial charge in [0.15, 0.2) is 0 Å². The van der Waals surface area contributed by atoms with Crippen LogP contribution in [-0.2, 0) is 11.8 Å². The summed E-state index contributed by atoms with van der Waals surface area (Å²) < 4.78 is 0. The average molecular weight is 299 g/mol. The number of aryl methyl sites for hydroxylation is 1. The zero-order chi connectivity index (χ0) is 15.3. The third-order valence-electron chi connectivity index (χ3n) is 3.55. The predicted molar refractivity (Wildman–Crippen MR) is 95.0 cm³/mol. The highest BCUT2D eigenvalue weighted by Gasteiger charge is 2.12. The van der Waals surface area contributed by atoms with Gasteiger partial charge in [0.05, 0.1) is 0 Å². The van der Waals surface area contributed by atoms with Crippen molar-refractivity contribution in [3.05, 3.63) is 59.7 Å². The summed E-state index contributed by atoms with van der Waals surface area (Å²) in [5, 5.41) is 0. The Morgan fingerprint density at radius 2 is 1.71 bits per heavy atom. The van der Waals surface area contributed by atoms with Gasteiger partial charge in [-0.15, -0.1) is 11.8 Å². The molecule has 0 saturated carbocycles. The van der Waals surface area contributed by atoms with E-state index in [1.54, 1.807) is 0 Å². The minimum absolute atomic E-state index is 0.233. The van der Waals surface area contributed by atoms with Gasteiger partial charge < -0.3 is 5.73 Å². The van der Waals surface area contributed by atoms with E-state index in [0.29, 0.717) is 0 Å². The van der Waals surface area contributed by atoms with E-state index in [1.165, 1.54) is 22.4 Å². The van der Waals surface area contributed by atoms with Gasteiger partial charge in [-0.05, 0) is 59.4 Å². The van der Waals surface area contributed by atoms with E-state index in [2.05, 4.69) is 57.2 Å². The zero-order valence-corrected chi connectivity index (χ0v) is 14.0. The zero-order valence-electron chi connectivity index (χ0n) is 13.2. The van der Waals surface area contributed by atoms with Crippen LogP contribution in [0.2, 0.25) is 0 Å². The summed E-state index contributed by atoms with van der Waals surface area (Å²) >= 11 is 1.93. The highest BCUT2D eigenvalue weighted by Crippen LogP contribution is 2.26. The molecule has 2 N–H and O–H groups in total. The van der Waals surface area contributed by atoms with Gasteiger partial charge in [0.25, 0.3) is 0 Å². The van der Waals surface area contributed by atoms with Crippen molar-refractivity contribution in [2.24, 2.45) is 0 Å². The number of rotatable bonds is 5. The van der Waals surface area contributed by atoms with Crippen LogP contribution in [0.15, 0.2) is 53.4 Å². The van der Waals surface area contributed by atoms with Gasteiger partial charge in [0, 0.05) is 10.6 Å². The number of benzene rings is 2. The molecular formula is C19H25NS. The molecule has 0 saturated heterocycles. The summed E-state index contributed by atoms with van der Waals surface area (Å²) in [7, 11) is 0. The molecule has 2 aromatic rings. The number of hydrogen-bond donors (Lipinski definition) is 1. The molecule has 0 bridgehead atoms. The Labute approximate surface area is 133 Å². The van der Waals surface area contributed by atoms with Crippen LogP contribution in [0.5, 0.6) is 0 Å². The van der Waals surface area contributed by atoms with Gasteiger partial charge in [-0.3, -0.25) is 0 Å². The first kappa shape index (κ1) is 16.0. The third kappa shape index (κ3) is 5.13. The molecule has 0 heterocycles. The van der Waals surface area contributed by atoms with E-state index in [-0.39, 0.29) is 5.41 Å². The van der Waals surface area contributed by atoms with Gasteiger partial charge in [-0.25, -0.2) is 0 Å². The third-order valence-corrected chi connectivity index (χ3v) is 4.65. The average Bonchev–Trinajstić information content (AvgIpc) is 2.43. The molecule has 0 radical (unpaired) electrons. The lowest BCUT2D eigenvalue weighted by Gasteiger charge is -2.19. The van der Waals surface area contributed by atoms with Crippen molar-refractivity contribution in [3.63, 3.8) is 0 Å². The molecule has 2 aromatic carbocycles. The summed E-state index contributed by atoms with van der Waals surface area (Å²) in [6.07, 6.45) is 2.27. The van der Waals surface area contributed by atoms with E-state index in [9.17, 15) is 0 Å². The highest BCUT2D eigenvalue weighted by atomic mass is 32.2. The maximum atomic E-state index is 5.80. The molecular weight excluding hydrogens is 274 g/mol. The maximum absolute atomic E-state index is 5.80. The summed E-state index contributed by atoms with van der Waals surface area (Å²) in [5.74, 6) is 1.14. The molecule has 0 atom stereocenters. The lowest BCUT2D eigenvalue weighted by molar-refractivity contribution is 0.590. The molecule has 0 unspecified atom stereocenters. The molecule has 0 aromatic heterocycles. The smallest absolute Gasteiger partial charge is 0.0316 e. The van der Waals surface area contributed by atoms with Crippen molar-refractivity contribution in [3.8, 4) is 0 Å². The molecule has 0 amide bonds. The first-order valence-corrected chi connectivity index (χ1v) is 8.51. The second-order valence-corrected chi connectivity index (χ2v) is 7.64. The Morgan fingerprint density at radius 3 is 2.33 bits per heavy atom. The summed E-state index contributed by atoms with van der Waals surface area (Å²) in [6, 6.07) is 17.2. The standard InChI is InChI=1S/C19H25NS/c1-19(2,3)16-9-11-18(12-10-16)21-13-5-7-15-6-4-8-17(20)14-15/h4,6,8-12,14H,5,7,13,20H2,1-3H3. The predicted octanol–water partition coefficient (Wildman–Crippen LogP) is 5.29. The fraction of sp³-hybridized carbons (Fsp3) is 0.368. The normalized spacial score (nSPS) is 11.6. The van der Waals surface area contributed by atoms with Crippen LogP contribution in [0.25, 0.3) is 0 Å². The molecule has 0 fully saturated rings. The quantitative estimate of drug-likeness (QED) is 0.461. The summed E-state index contributed by atoms with van der Waals surface area (Å²) in [5.41, 5.74) is 9.62. The fourth-order valence-corrected chi connectivity index (χ4v) is 3.12. The van der Waals surface area contributed by atoms with Crippen molar-refractivity contribution in [2.75, 3.05) is 11.5 Å². The largest absolute Gasteiger partial charge is 0.399 e. The van der Waals surface area contributed by atoms with Crippen molar-refractivity contribution in [1.82, 2.24) is 0 Å². The number of nitrogens with two attached hydrogens (primary N) is 1. The van der Waals surface area contributed by atoms with Gasteiger partial charge >= 0.3 is 0 Å². The van der Waals surface area contributed by atoms with E-state index in [0.717, 1.165) is 17.9 Å². The molecule has 0 aliphatic heterocycles. The second-order valence-electron chi connectivity index (χ2n) is 6.47. The van der Waals surface area contributed by atoms with Gasteiger partial charge in [-0.1, -0.05) is 45.0 Å². The number of hydrogen-bond acceptors (Lipinski definition) is 2. The molecule has 0 aliphatic carbocycles. The van der Waals surface area contributed by atoms with Crippen LogP contribution in [0, 0.1) is 0 Å². The van der Waals surface area contributed by atoms with Crippen LogP contribution in [0.1, 0.15) is 38.3 Å². The molecule has 2 heteroatoms. The van der Waals surface area contributed by atoms with E-state index >= 15 is 0 Å². The van der Waals surface area contributed by atoms with E-state index in [4.69, 9.17) is 5.73 Å². The fourth-order valence-electron chi connectivity index (χ4n) is 2.27. The van der Waals surface area contributed by atoms with Crippen LogP contribution >= 0.6 is 11.8 Å². The van der Waals surface area contributed by atoms with Crippen LogP contribution in [0.4, 0.5) is 5.69 Å².